The molecule has 0 bridgehead atoms. The van der Waals surface area contributed by atoms with E-state index in [2.05, 4.69) is 22.5 Å². The summed E-state index contributed by atoms with van der Waals surface area (Å²) in [5.74, 6) is 0. The van der Waals surface area contributed by atoms with Crippen molar-refractivity contribution >= 4 is 35.7 Å². The summed E-state index contributed by atoms with van der Waals surface area (Å²) in [7, 11) is 1.48. The Bertz CT molecular complexity index is 436. The number of rotatable bonds is 3. The molecule has 0 heterocycles. The molecule has 0 unspecified atom stereocenters. The molecule has 0 aromatic heterocycles. The topological polar surface area (TPSA) is 34.1 Å². The van der Waals surface area contributed by atoms with Gasteiger partial charge in [-0.3, -0.25) is 0 Å². The van der Waals surface area contributed by atoms with Crippen LogP contribution in [0.25, 0.3) is 0 Å². The monoisotopic (exact) mass is 294 g/mol. The van der Waals surface area contributed by atoms with Crippen LogP contribution in [0.1, 0.15) is 5.56 Å². The van der Waals surface area contributed by atoms with Gasteiger partial charge in [0.05, 0.1) is 4.91 Å². The van der Waals surface area contributed by atoms with Crippen molar-refractivity contribution in [3.63, 3.8) is 0 Å². The zero-order chi connectivity index (χ0) is 10.8. The van der Waals surface area contributed by atoms with Gasteiger partial charge in [-0.15, -0.1) is 0 Å². The molecule has 0 fully saturated rings. The highest BCUT2D eigenvalue weighted by atomic mass is 79.9. The summed E-state index contributed by atoms with van der Waals surface area (Å²) in [5, 5.41) is 0. The summed E-state index contributed by atoms with van der Waals surface area (Å²) in [5.41, 5.74) is 0.863. The van der Waals surface area contributed by atoms with Gasteiger partial charge in [0.2, 0.25) is 0 Å². The smallest absolute Gasteiger partial charge is 0.207 e. The third-order valence-corrected chi connectivity index (χ3v) is 3.68. The Morgan fingerprint density at radius 1 is 1.36 bits per heavy atom. The average molecular weight is 296 g/mol. The largest absolute Gasteiger partial charge is 0.257 e. The van der Waals surface area contributed by atoms with Gasteiger partial charge in [-0.05, 0) is 17.7 Å². The number of hydrogen-bond donors (Lipinski definition) is 0. The second-order valence-electron chi connectivity index (χ2n) is 2.78. The summed E-state index contributed by atoms with van der Waals surface area (Å²) in [6.07, 6.45) is 0.249. The highest BCUT2D eigenvalue weighted by Gasteiger charge is 2.11. The van der Waals surface area contributed by atoms with E-state index in [-0.39, 0.29) is 11.3 Å². The molecule has 0 saturated heterocycles. The summed E-state index contributed by atoms with van der Waals surface area (Å²) >= 11 is 3.28. The van der Waals surface area contributed by atoms with Gasteiger partial charge in [0.15, 0.2) is 0 Å². The Kier molecular flexibility index (Phi) is 3.75. The third kappa shape index (κ3) is 3.44. The Hall–Kier alpha value is -0.320. The van der Waals surface area contributed by atoms with Crippen molar-refractivity contribution in [1.29, 1.82) is 0 Å². The lowest BCUT2D eigenvalue weighted by Crippen LogP contribution is -1.97. The van der Waals surface area contributed by atoms with Crippen molar-refractivity contribution in [1.82, 2.24) is 0 Å². The van der Waals surface area contributed by atoms with Crippen molar-refractivity contribution < 1.29 is 8.42 Å². The second-order valence-corrected chi connectivity index (χ2v) is 6.37. The molecule has 0 N–H and O–H groups in total. The highest BCUT2D eigenvalue weighted by molar-refractivity contribution is 9.10. The van der Waals surface area contributed by atoms with Gasteiger partial charge in [-0.1, -0.05) is 34.6 Å². The maximum atomic E-state index is 10.9. The first-order valence-electron chi connectivity index (χ1n) is 3.76. The minimum atomic E-state index is -3.65. The molecular formula is C9H8BrClO2S. The predicted octanol–water partition coefficient (Wildman–Crippen LogP) is 3.07. The maximum absolute atomic E-state index is 10.9. The fraction of sp³-hybridized carbons (Fsp3) is 0.111. The van der Waals surface area contributed by atoms with Crippen molar-refractivity contribution in [3.05, 3.63) is 45.8 Å². The van der Waals surface area contributed by atoms with E-state index in [1.807, 2.05) is 24.3 Å². The molecule has 1 rings (SSSR count). The molecule has 1 aromatic rings. The first-order valence-corrected chi connectivity index (χ1v) is 6.87. The standard InChI is InChI=1S/C9H8BrClO2S/c1-7(14(11,12)13)6-8-2-4-9(10)5-3-8/h2-5H,1,6H2. The Labute approximate surface area is 96.1 Å². The van der Waals surface area contributed by atoms with Crippen LogP contribution in [-0.2, 0) is 15.5 Å². The summed E-state index contributed by atoms with van der Waals surface area (Å²) in [4.78, 5) is 0.0153. The van der Waals surface area contributed by atoms with Crippen LogP contribution in [0.3, 0.4) is 0 Å². The van der Waals surface area contributed by atoms with Gasteiger partial charge in [-0.25, -0.2) is 8.42 Å². The SMILES string of the molecule is C=C(Cc1ccc(Br)cc1)S(=O)(=O)Cl. The van der Waals surface area contributed by atoms with E-state index >= 15 is 0 Å². The van der Waals surface area contributed by atoms with E-state index in [9.17, 15) is 8.42 Å². The molecule has 1 aromatic carbocycles. The number of benzene rings is 1. The van der Waals surface area contributed by atoms with E-state index in [1.54, 1.807) is 0 Å². The average Bonchev–Trinajstić information content (AvgIpc) is 2.07. The summed E-state index contributed by atoms with van der Waals surface area (Å²) in [6.45, 7) is 3.41. The van der Waals surface area contributed by atoms with E-state index < -0.39 is 9.05 Å². The first-order chi connectivity index (χ1) is 6.39. The molecular weight excluding hydrogens is 288 g/mol. The van der Waals surface area contributed by atoms with Crippen LogP contribution < -0.4 is 0 Å². The molecule has 5 heteroatoms. The molecule has 0 saturated carbocycles. The van der Waals surface area contributed by atoms with Crippen molar-refractivity contribution in [2.24, 2.45) is 0 Å². The first kappa shape index (κ1) is 11.8. The Balaban J connectivity index is 2.81. The number of halogens is 2. The van der Waals surface area contributed by atoms with Gasteiger partial charge in [0.25, 0.3) is 9.05 Å². The molecule has 0 atom stereocenters. The Morgan fingerprint density at radius 2 is 1.86 bits per heavy atom. The van der Waals surface area contributed by atoms with Gasteiger partial charge in [-0.2, -0.15) is 0 Å². The number of hydrogen-bond acceptors (Lipinski definition) is 2. The summed E-state index contributed by atoms with van der Waals surface area (Å²) < 4.78 is 22.7. The quantitative estimate of drug-likeness (QED) is 0.803. The molecule has 2 nitrogen and oxygen atoms in total. The van der Waals surface area contributed by atoms with Crippen LogP contribution in [-0.4, -0.2) is 8.42 Å². The van der Waals surface area contributed by atoms with Gasteiger partial charge in [0, 0.05) is 21.6 Å². The third-order valence-electron chi connectivity index (χ3n) is 1.66. The zero-order valence-electron chi connectivity index (χ0n) is 7.20. The van der Waals surface area contributed by atoms with Crippen LogP contribution in [0.15, 0.2) is 40.2 Å². The van der Waals surface area contributed by atoms with Crippen LogP contribution in [0.4, 0.5) is 0 Å². The predicted molar refractivity (Wildman–Crippen MR) is 61.8 cm³/mol. The molecule has 0 aliphatic heterocycles. The van der Waals surface area contributed by atoms with Crippen LogP contribution in [0, 0.1) is 0 Å². The normalized spacial score (nSPS) is 11.3. The summed E-state index contributed by atoms with van der Waals surface area (Å²) in [6, 6.07) is 7.31. The molecule has 76 valence electrons. The van der Waals surface area contributed by atoms with E-state index in [0.717, 1.165) is 10.0 Å². The molecule has 0 spiro atoms. The second kappa shape index (κ2) is 4.47. The minimum absolute atomic E-state index is 0.0153. The fourth-order valence-electron chi connectivity index (χ4n) is 0.916. The van der Waals surface area contributed by atoms with Gasteiger partial charge in [0.1, 0.15) is 0 Å². The van der Waals surface area contributed by atoms with E-state index in [4.69, 9.17) is 10.7 Å². The van der Waals surface area contributed by atoms with Gasteiger partial charge >= 0.3 is 0 Å². The van der Waals surface area contributed by atoms with Crippen molar-refractivity contribution in [2.75, 3.05) is 0 Å². The van der Waals surface area contributed by atoms with Gasteiger partial charge < -0.3 is 0 Å². The van der Waals surface area contributed by atoms with Crippen LogP contribution >= 0.6 is 26.6 Å². The zero-order valence-corrected chi connectivity index (χ0v) is 10.4. The minimum Gasteiger partial charge on any atom is -0.207 e. The fourth-order valence-corrected chi connectivity index (χ4v) is 1.68. The van der Waals surface area contributed by atoms with E-state index in [0.29, 0.717) is 0 Å². The molecule has 0 aliphatic rings. The molecule has 0 radical (unpaired) electrons. The molecule has 0 amide bonds. The van der Waals surface area contributed by atoms with Crippen LogP contribution in [0.2, 0.25) is 0 Å². The number of allylic oxidation sites excluding steroid dienone is 1. The van der Waals surface area contributed by atoms with E-state index in [1.165, 1.54) is 0 Å². The highest BCUT2D eigenvalue weighted by Crippen LogP contribution is 2.17. The maximum Gasteiger partial charge on any atom is 0.257 e. The molecule has 14 heavy (non-hydrogen) atoms. The lowest BCUT2D eigenvalue weighted by molar-refractivity contribution is 0.614. The lowest BCUT2D eigenvalue weighted by atomic mass is 10.1. The molecule has 0 aliphatic carbocycles. The van der Waals surface area contributed by atoms with Crippen LogP contribution in [0.5, 0.6) is 0 Å². The van der Waals surface area contributed by atoms with Crippen molar-refractivity contribution in [3.8, 4) is 0 Å². The Morgan fingerprint density at radius 3 is 2.29 bits per heavy atom. The lowest BCUT2D eigenvalue weighted by Gasteiger charge is -2.01. The van der Waals surface area contributed by atoms with Crippen molar-refractivity contribution in [2.45, 2.75) is 6.42 Å².